The number of carbonyl (C=O) groups is 1. The van der Waals surface area contributed by atoms with Crippen LogP contribution in [0.4, 0.5) is 0 Å². The van der Waals surface area contributed by atoms with E-state index in [0.29, 0.717) is 16.8 Å². The highest BCUT2D eigenvalue weighted by Gasteiger charge is 2.02. The third kappa shape index (κ3) is 7.92. The highest BCUT2D eigenvalue weighted by Crippen LogP contribution is 2.10. The molecule has 0 atom stereocenters. The Labute approximate surface area is 73.9 Å². The Hall–Kier alpha value is 0.0200. The zero-order valence-corrected chi connectivity index (χ0v) is 8.54. The summed E-state index contributed by atoms with van der Waals surface area (Å²) in [5.74, 6) is 1.11. The summed E-state index contributed by atoms with van der Waals surface area (Å²) in [5.41, 5.74) is 0. The Bertz CT molecular complexity index is 110. The summed E-state index contributed by atoms with van der Waals surface area (Å²) in [6, 6.07) is 0. The molecule has 0 saturated heterocycles. The summed E-state index contributed by atoms with van der Waals surface area (Å²) in [4.78, 5) is 11.1. The second-order valence-electron chi connectivity index (χ2n) is 3.00. The lowest BCUT2D eigenvalue weighted by Gasteiger charge is -2.02. The predicted molar refractivity (Wildman–Crippen MR) is 52.1 cm³/mol. The molecular weight excluding hydrogens is 156 g/mol. The van der Waals surface area contributed by atoms with Crippen molar-refractivity contribution in [1.82, 2.24) is 0 Å². The second kappa shape index (κ2) is 6.71. The molecule has 0 spiro atoms. The van der Waals surface area contributed by atoms with Crippen LogP contribution in [-0.2, 0) is 4.79 Å². The number of ketones is 1. The SMILES string of the molecule is CCCCC(=O)CSC(C)C. The van der Waals surface area contributed by atoms with Crippen LogP contribution in [0.5, 0.6) is 0 Å². The molecule has 0 aliphatic rings. The monoisotopic (exact) mass is 174 g/mol. The van der Waals surface area contributed by atoms with E-state index >= 15 is 0 Å². The van der Waals surface area contributed by atoms with E-state index in [1.807, 2.05) is 0 Å². The van der Waals surface area contributed by atoms with Gasteiger partial charge in [0.2, 0.25) is 0 Å². The second-order valence-corrected chi connectivity index (χ2v) is 4.57. The zero-order chi connectivity index (χ0) is 8.69. The van der Waals surface area contributed by atoms with E-state index < -0.39 is 0 Å². The summed E-state index contributed by atoms with van der Waals surface area (Å²) >= 11 is 1.74. The van der Waals surface area contributed by atoms with Gasteiger partial charge in [0.25, 0.3) is 0 Å². The van der Waals surface area contributed by atoms with Crippen LogP contribution in [0, 0.1) is 0 Å². The largest absolute Gasteiger partial charge is 0.299 e. The average Bonchev–Trinajstić information content (AvgIpc) is 1.97. The maximum Gasteiger partial charge on any atom is 0.142 e. The maximum absolute atomic E-state index is 11.1. The van der Waals surface area contributed by atoms with Gasteiger partial charge in [0.15, 0.2) is 0 Å². The van der Waals surface area contributed by atoms with Crippen molar-refractivity contribution in [2.75, 3.05) is 5.75 Å². The number of hydrogen-bond acceptors (Lipinski definition) is 2. The molecule has 0 saturated carbocycles. The van der Waals surface area contributed by atoms with Crippen molar-refractivity contribution in [2.24, 2.45) is 0 Å². The molecule has 0 unspecified atom stereocenters. The summed E-state index contributed by atoms with van der Waals surface area (Å²) in [6.07, 6.45) is 2.95. The topological polar surface area (TPSA) is 17.1 Å². The van der Waals surface area contributed by atoms with Crippen molar-refractivity contribution in [3.8, 4) is 0 Å². The molecule has 2 heteroatoms. The van der Waals surface area contributed by atoms with E-state index in [2.05, 4.69) is 20.8 Å². The molecule has 0 fully saturated rings. The third-order valence-electron chi connectivity index (χ3n) is 1.39. The number of Topliss-reactive ketones (excluding diaryl/α,β-unsaturated/α-hetero) is 1. The van der Waals surface area contributed by atoms with E-state index in [4.69, 9.17) is 0 Å². The maximum atomic E-state index is 11.1. The molecule has 0 heterocycles. The van der Waals surface area contributed by atoms with Crippen molar-refractivity contribution in [3.63, 3.8) is 0 Å². The van der Waals surface area contributed by atoms with Gasteiger partial charge in [-0.3, -0.25) is 4.79 Å². The van der Waals surface area contributed by atoms with Gasteiger partial charge >= 0.3 is 0 Å². The third-order valence-corrected chi connectivity index (χ3v) is 2.54. The summed E-state index contributed by atoms with van der Waals surface area (Å²) < 4.78 is 0. The van der Waals surface area contributed by atoms with E-state index in [9.17, 15) is 4.79 Å². The minimum atomic E-state index is 0.408. The first kappa shape index (κ1) is 11.0. The van der Waals surface area contributed by atoms with Crippen LogP contribution in [0.3, 0.4) is 0 Å². The molecule has 0 aromatic rings. The molecule has 0 aromatic heterocycles. The Morgan fingerprint density at radius 1 is 1.45 bits per heavy atom. The normalized spacial score (nSPS) is 10.5. The van der Waals surface area contributed by atoms with Crippen molar-refractivity contribution in [3.05, 3.63) is 0 Å². The molecular formula is C9H18OS. The van der Waals surface area contributed by atoms with Gasteiger partial charge in [0, 0.05) is 6.42 Å². The predicted octanol–water partition coefficient (Wildman–Crippen LogP) is 2.89. The van der Waals surface area contributed by atoms with E-state index in [0.717, 1.165) is 19.3 Å². The lowest BCUT2D eigenvalue weighted by Crippen LogP contribution is -2.03. The van der Waals surface area contributed by atoms with E-state index in [1.165, 1.54) is 0 Å². The van der Waals surface area contributed by atoms with Gasteiger partial charge in [0.05, 0.1) is 5.75 Å². The Morgan fingerprint density at radius 3 is 2.55 bits per heavy atom. The number of unbranched alkanes of at least 4 members (excludes halogenated alkanes) is 1. The Kier molecular flexibility index (Phi) is 6.73. The standard InChI is InChI=1S/C9H18OS/c1-4-5-6-9(10)7-11-8(2)3/h8H,4-7H2,1-3H3. The fraction of sp³-hybridized carbons (Fsp3) is 0.889. The summed E-state index contributed by atoms with van der Waals surface area (Å²) in [5, 5.41) is 0.584. The first-order valence-corrected chi connectivity index (χ1v) is 5.35. The molecule has 0 rings (SSSR count). The van der Waals surface area contributed by atoms with Crippen molar-refractivity contribution >= 4 is 17.5 Å². The minimum Gasteiger partial charge on any atom is -0.299 e. The van der Waals surface area contributed by atoms with Gasteiger partial charge in [-0.2, -0.15) is 11.8 Å². The minimum absolute atomic E-state index is 0.408. The molecule has 0 aliphatic heterocycles. The molecule has 0 bridgehead atoms. The molecule has 0 aromatic carbocycles. The van der Waals surface area contributed by atoms with Crippen LogP contribution < -0.4 is 0 Å². The first-order valence-electron chi connectivity index (χ1n) is 4.30. The molecule has 0 amide bonds. The fourth-order valence-corrected chi connectivity index (χ4v) is 1.37. The summed E-state index contributed by atoms with van der Waals surface area (Å²) in [6.45, 7) is 6.36. The van der Waals surface area contributed by atoms with E-state index in [-0.39, 0.29) is 0 Å². The highest BCUT2D eigenvalue weighted by molar-refractivity contribution is 8.00. The van der Waals surface area contributed by atoms with Crippen molar-refractivity contribution in [1.29, 1.82) is 0 Å². The van der Waals surface area contributed by atoms with Crippen LogP contribution in [0.2, 0.25) is 0 Å². The van der Waals surface area contributed by atoms with Crippen LogP contribution in [0.15, 0.2) is 0 Å². The van der Waals surface area contributed by atoms with Crippen LogP contribution in [0.25, 0.3) is 0 Å². The van der Waals surface area contributed by atoms with E-state index in [1.54, 1.807) is 11.8 Å². The Balaban J connectivity index is 3.23. The van der Waals surface area contributed by atoms with Gasteiger partial charge in [-0.25, -0.2) is 0 Å². The van der Waals surface area contributed by atoms with Crippen LogP contribution in [-0.4, -0.2) is 16.8 Å². The van der Waals surface area contributed by atoms with Crippen LogP contribution >= 0.6 is 11.8 Å². The van der Waals surface area contributed by atoms with Crippen LogP contribution in [0.1, 0.15) is 40.0 Å². The number of hydrogen-bond donors (Lipinski definition) is 0. The van der Waals surface area contributed by atoms with Gasteiger partial charge in [-0.1, -0.05) is 27.2 Å². The van der Waals surface area contributed by atoms with Crippen molar-refractivity contribution in [2.45, 2.75) is 45.3 Å². The number of rotatable bonds is 6. The molecule has 11 heavy (non-hydrogen) atoms. The highest BCUT2D eigenvalue weighted by atomic mass is 32.2. The summed E-state index contributed by atoms with van der Waals surface area (Å²) in [7, 11) is 0. The first-order chi connectivity index (χ1) is 5.16. The number of carbonyl (C=O) groups excluding carboxylic acids is 1. The van der Waals surface area contributed by atoms with Gasteiger partial charge in [-0.15, -0.1) is 0 Å². The molecule has 0 N–H and O–H groups in total. The molecule has 1 nitrogen and oxygen atoms in total. The van der Waals surface area contributed by atoms with Gasteiger partial charge in [-0.05, 0) is 11.7 Å². The lowest BCUT2D eigenvalue weighted by atomic mass is 10.2. The quantitative estimate of drug-likeness (QED) is 0.616. The molecule has 0 radical (unpaired) electrons. The molecule has 0 aliphatic carbocycles. The Morgan fingerprint density at radius 2 is 2.09 bits per heavy atom. The lowest BCUT2D eigenvalue weighted by molar-refractivity contribution is -0.116. The zero-order valence-electron chi connectivity index (χ0n) is 7.72. The fourth-order valence-electron chi connectivity index (χ4n) is 0.706. The smallest absolute Gasteiger partial charge is 0.142 e. The van der Waals surface area contributed by atoms with Gasteiger partial charge < -0.3 is 0 Å². The van der Waals surface area contributed by atoms with Crippen molar-refractivity contribution < 1.29 is 4.79 Å². The molecule has 66 valence electrons. The van der Waals surface area contributed by atoms with Gasteiger partial charge in [0.1, 0.15) is 5.78 Å². The average molecular weight is 174 g/mol. The number of thioether (sulfide) groups is 1.